The molecule has 0 atom stereocenters. The van der Waals surface area contributed by atoms with Gasteiger partial charge in [-0.2, -0.15) is 0 Å². The summed E-state index contributed by atoms with van der Waals surface area (Å²) in [5.74, 6) is 0.691. The lowest BCUT2D eigenvalue weighted by molar-refractivity contribution is 0.0944. The third kappa shape index (κ3) is 7.56. The van der Waals surface area contributed by atoms with Crippen molar-refractivity contribution >= 4 is 11.8 Å². The SMILES string of the molecule is COc1cccc(CNC(=O)c2cc(C(=O)NCc3ccc(OCCN(C)C)cc3)ncn2)c1. The quantitative estimate of drug-likeness (QED) is 0.449. The zero-order valence-electron chi connectivity index (χ0n) is 19.6. The number of nitrogens with one attached hydrogen (secondary N) is 2. The number of likely N-dealkylation sites (N-methyl/N-ethyl adjacent to an activating group) is 1. The van der Waals surface area contributed by atoms with Gasteiger partial charge in [-0.25, -0.2) is 9.97 Å². The minimum Gasteiger partial charge on any atom is -0.497 e. The maximum atomic E-state index is 12.5. The van der Waals surface area contributed by atoms with Crippen molar-refractivity contribution in [3.05, 3.63) is 83.4 Å². The van der Waals surface area contributed by atoms with Crippen LogP contribution in [0, 0.1) is 0 Å². The van der Waals surface area contributed by atoms with Gasteiger partial charge in [-0.1, -0.05) is 24.3 Å². The summed E-state index contributed by atoms with van der Waals surface area (Å²) in [6.07, 6.45) is 1.20. The van der Waals surface area contributed by atoms with E-state index in [4.69, 9.17) is 9.47 Å². The topological polar surface area (TPSA) is 106 Å². The molecule has 9 nitrogen and oxygen atoms in total. The molecule has 0 bridgehead atoms. The molecule has 3 rings (SSSR count). The summed E-state index contributed by atoms with van der Waals surface area (Å²) in [5, 5.41) is 5.59. The third-order valence-corrected chi connectivity index (χ3v) is 4.90. The maximum absolute atomic E-state index is 12.5. The first-order valence-corrected chi connectivity index (χ1v) is 10.8. The number of carbonyl (C=O) groups is 2. The molecule has 178 valence electrons. The normalized spacial score (nSPS) is 10.6. The molecule has 0 saturated carbocycles. The molecule has 0 aliphatic heterocycles. The summed E-state index contributed by atoms with van der Waals surface area (Å²) in [6, 6.07) is 16.3. The Labute approximate surface area is 199 Å². The van der Waals surface area contributed by atoms with E-state index < -0.39 is 11.8 Å². The van der Waals surface area contributed by atoms with Gasteiger partial charge in [0.15, 0.2) is 0 Å². The van der Waals surface area contributed by atoms with Gasteiger partial charge in [0.25, 0.3) is 11.8 Å². The number of hydrogen-bond acceptors (Lipinski definition) is 7. The highest BCUT2D eigenvalue weighted by Crippen LogP contribution is 2.13. The molecular weight excluding hydrogens is 434 g/mol. The summed E-state index contributed by atoms with van der Waals surface area (Å²) in [7, 11) is 5.57. The molecule has 9 heteroatoms. The highest BCUT2D eigenvalue weighted by molar-refractivity contribution is 5.97. The Morgan fingerprint density at radius 1 is 0.853 bits per heavy atom. The molecular formula is C25H29N5O4. The van der Waals surface area contributed by atoms with E-state index in [2.05, 4.69) is 20.6 Å². The maximum Gasteiger partial charge on any atom is 0.270 e. The fourth-order valence-electron chi connectivity index (χ4n) is 2.98. The third-order valence-electron chi connectivity index (χ3n) is 4.90. The molecule has 2 aromatic carbocycles. The van der Waals surface area contributed by atoms with Gasteiger partial charge >= 0.3 is 0 Å². The van der Waals surface area contributed by atoms with Gasteiger partial charge in [-0.15, -0.1) is 0 Å². The Bertz CT molecular complexity index is 1100. The van der Waals surface area contributed by atoms with Crippen LogP contribution in [0.25, 0.3) is 0 Å². The molecule has 1 aromatic heterocycles. The van der Waals surface area contributed by atoms with Crippen molar-refractivity contribution in [2.75, 3.05) is 34.4 Å². The van der Waals surface area contributed by atoms with Crippen LogP contribution in [-0.2, 0) is 13.1 Å². The Balaban J connectivity index is 1.51. The fourth-order valence-corrected chi connectivity index (χ4v) is 2.98. The fraction of sp³-hybridized carbons (Fsp3) is 0.280. The summed E-state index contributed by atoms with van der Waals surface area (Å²) in [4.78, 5) is 35.1. The van der Waals surface area contributed by atoms with Crippen molar-refractivity contribution in [1.82, 2.24) is 25.5 Å². The highest BCUT2D eigenvalue weighted by atomic mass is 16.5. The van der Waals surface area contributed by atoms with Gasteiger partial charge in [-0.05, 0) is 49.5 Å². The lowest BCUT2D eigenvalue weighted by Gasteiger charge is -2.11. The van der Waals surface area contributed by atoms with Crippen LogP contribution < -0.4 is 20.1 Å². The van der Waals surface area contributed by atoms with E-state index in [0.29, 0.717) is 25.4 Å². The van der Waals surface area contributed by atoms with Crippen molar-refractivity contribution in [2.45, 2.75) is 13.1 Å². The predicted octanol–water partition coefficient (Wildman–Crippen LogP) is 2.29. The number of ether oxygens (including phenoxy) is 2. The lowest BCUT2D eigenvalue weighted by atomic mass is 10.2. The monoisotopic (exact) mass is 463 g/mol. The van der Waals surface area contributed by atoms with Crippen molar-refractivity contribution < 1.29 is 19.1 Å². The molecule has 2 N–H and O–H groups in total. The molecule has 0 saturated heterocycles. The number of hydrogen-bond donors (Lipinski definition) is 2. The molecule has 2 amide bonds. The first kappa shape index (κ1) is 24.7. The van der Waals surface area contributed by atoms with E-state index >= 15 is 0 Å². The molecule has 0 fully saturated rings. The zero-order valence-corrected chi connectivity index (χ0v) is 19.6. The van der Waals surface area contributed by atoms with E-state index in [9.17, 15) is 9.59 Å². The molecule has 3 aromatic rings. The summed E-state index contributed by atoms with van der Waals surface area (Å²) in [5.41, 5.74) is 2.03. The van der Waals surface area contributed by atoms with Crippen LogP contribution in [0.1, 0.15) is 32.1 Å². The van der Waals surface area contributed by atoms with E-state index in [1.807, 2.05) is 67.5 Å². The van der Waals surface area contributed by atoms with Gasteiger partial charge in [0.2, 0.25) is 0 Å². The number of methoxy groups -OCH3 is 1. The second-order valence-electron chi connectivity index (χ2n) is 7.80. The van der Waals surface area contributed by atoms with Crippen LogP contribution in [0.3, 0.4) is 0 Å². The number of amides is 2. The molecule has 34 heavy (non-hydrogen) atoms. The van der Waals surface area contributed by atoms with Crippen LogP contribution in [-0.4, -0.2) is 61.0 Å². The minimum atomic E-state index is -0.399. The van der Waals surface area contributed by atoms with Gasteiger partial charge in [-0.3, -0.25) is 9.59 Å². The second-order valence-corrected chi connectivity index (χ2v) is 7.80. The standard InChI is InChI=1S/C25H29N5O4/c1-30(2)11-12-34-20-9-7-18(8-10-20)15-26-24(31)22-14-23(29-17-28-22)25(32)27-16-19-5-4-6-21(13-19)33-3/h4-10,13-14,17H,11-12,15-16H2,1-3H3,(H,26,31)(H,27,32). The van der Waals surface area contributed by atoms with Crippen molar-refractivity contribution in [3.63, 3.8) is 0 Å². The van der Waals surface area contributed by atoms with E-state index in [0.717, 1.165) is 23.4 Å². The second kappa shape index (κ2) is 12.3. The van der Waals surface area contributed by atoms with Gasteiger partial charge < -0.3 is 25.0 Å². The van der Waals surface area contributed by atoms with Gasteiger partial charge in [0, 0.05) is 25.7 Å². The first-order valence-electron chi connectivity index (χ1n) is 10.8. The summed E-state index contributed by atoms with van der Waals surface area (Å²) >= 11 is 0. The summed E-state index contributed by atoms with van der Waals surface area (Å²) in [6.45, 7) is 2.05. The number of aromatic nitrogens is 2. The molecule has 0 radical (unpaired) electrons. The largest absolute Gasteiger partial charge is 0.497 e. The van der Waals surface area contributed by atoms with Crippen LogP contribution in [0.5, 0.6) is 11.5 Å². The average molecular weight is 464 g/mol. The number of carbonyl (C=O) groups excluding carboxylic acids is 2. The Hall–Kier alpha value is -3.98. The molecule has 0 spiro atoms. The molecule has 1 heterocycles. The van der Waals surface area contributed by atoms with Crippen LogP contribution in [0.4, 0.5) is 0 Å². The Morgan fingerprint density at radius 3 is 2.12 bits per heavy atom. The minimum absolute atomic E-state index is 0.113. The Kier molecular flexibility index (Phi) is 8.93. The van der Waals surface area contributed by atoms with Crippen LogP contribution in [0.2, 0.25) is 0 Å². The molecule has 0 aliphatic rings. The van der Waals surface area contributed by atoms with E-state index in [1.54, 1.807) is 7.11 Å². The zero-order chi connectivity index (χ0) is 24.3. The van der Waals surface area contributed by atoms with Crippen molar-refractivity contribution in [2.24, 2.45) is 0 Å². The van der Waals surface area contributed by atoms with Gasteiger partial charge in [0.05, 0.1) is 7.11 Å². The number of benzene rings is 2. The first-order chi connectivity index (χ1) is 16.4. The average Bonchev–Trinajstić information content (AvgIpc) is 2.86. The van der Waals surface area contributed by atoms with Crippen LogP contribution in [0.15, 0.2) is 60.9 Å². The van der Waals surface area contributed by atoms with Gasteiger partial charge in [0.1, 0.15) is 35.8 Å². The number of rotatable bonds is 11. The smallest absolute Gasteiger partial charge is 0.270 e. The predicted molar refractivity (Wildman–Crippen MR) is 128 cm³/mol. The van der Waals surface area contributed by atoms with Crippen molar-refractivity contribution in [1.29, 1.82) is 0 Å². The molecule has 0 unspecified atom stereocenters. The van der Waals surface area contributed by atoms with E-state index in [1.165, 1.54) is 12.4 Å². The Morgan fingerprint density at radius 2 is 1.50 bits per heavy atom. The van der Waals surface area contributed by atoms with Crippen LogP contribution >= 0.6 is 0 Å². The number of nitrogens with zero attached hydrogens (tertiary/aromatic N) is 3. The summed E-state index contributed by atoms with van der Waals surface area (Å²) < 4.78 is 10.9. The highest BCUT2D eigenvalue weighted by Gasteiger charge is 2.13. The van der Waals surface area contributed by atoms with Crippen molar-refractivity contribution in [3.8, 4) is 11.5 Å². The van der Waals surface area contributed by atoms with E-state index in [-0.39, 0.29) is 11.4 Å². The molecule has 0 aliphatic carbocycles. The lowest BCUT2D eigenvalue weighted by Crippen LogP contribution is -2.27.